The predicted molar refractivity (Wildman–Crippen MR) is 45.4 cm³/mol. The Hall–Kier alpha value is -0.630. The molecule has 1 atom stereocenters. The topological polar surface area (TPSA) is 37.3 Å². The number of carbonyl (C=O) groups excluding carboxylic acids is 1. The first-order valence-electron chi connectivity index (χ1n) is 4.00. The quantitative estimate of drug-likeness (QED) is 0.485. The summed E-state index contributed by atoms with van der Waals surface area (Å²) in [5.41, 5.74) is 0.902. The van der Waals surface area contributed by atoms with Gasteiger partial charge in [-0.2, -0.15) is 0 Å². The van der Waals surface area contributed by atoms with E-state index in [4.69, 9.17) is 0 Å². The monoisotopic (exact) mass is 156 g/mol. The van der Waals surface area contributed by atoms with Gasteiger partial charge in [-0.1, -0.05) is 19.4 Å². The van der Waals surface area contributed by atoms with Gasteiger partial charge in [0.05, 0.1) is 6.10 Å². The van der Waals surface area contributed by atoms with Crippen LogP contribution in [0.3, 0.4) is 0 Å². The van der Waals surface area contributed by atoms with Gasteiger partial charge in [-0.15, -0.1) is 0 Å². The minimum Gasteiger partial charge on any atom is -0.389 e. The summed E-state index contributed by atoms with van der Waals surface area (Å²) in [6, 6.07) is 0. The minimum absolute atomic E-state index is 0.361. The molecule has 0 radical (unpaired) electrons. The van der Waals surface area contributed by atoms with Gasteiger partial charge in [-0.25, -0.2) is 0 Å². The lowest BCUT2D eigenvalue weighted by Gasteiger charge is -2.08. The number of aldehydes is 1. The van der Waals surface area contributed by atoms with E-state index in [1.807, 2.05) is 13.8 Å². The lowest BCUT2D eigenvalue weighted by atomic mass is 10.1. The van der Waals surface area contributed by atoms with Crippen LogP contribution < -0.4 is 0 Å². The Bertz CT molecular complexity index is 138. The minimum atomic E-state index is -0.361. The molecule has 0 spiro atoms. The van der Waals surface area contributed by atoms with Crippen molar-refractivity contribution in [2.24, 2.45) is 0 Å². The van der Waals surface area contributed by atoms with Gasteiger partial charge in [0, 0.05) is 6.42 Å². The van der Waals surface area contributed by atoms with Crippen molar-refractivity contribution in [1.29, 1.82) is 0 Å². The lowest BCUT2D eigenvalue weighted by molar-refractivity contribution is -0.107. The van der Waals surface area contributed by atoms with Gasteiger partial charge in [0.15, 0.2) is 0 Å². The van der Waals surface area contributed by atoms with E-state index < -0.39 is 0 Å². The van der Waals surface area contributed by atoms with E-state index >= 15 is 0 Å². The molecule has 0 saturated heterocycles. The van der Waals surface area contributed by atoms with E-state index in [1.165, 1.54) is 0 Å². The van der Waals surface area contributed by atoms with Gasteiger partial charge in [0.1, 0.15) is 6.29 Å². The molecule has 0 saturated carbocycles. The highest BCUT2D eigenvalue weighted by atomic mass is 16.3. The van der Waals surface area contributed by atoms with Crippen LogP contribution in [0.25, 0.3) is 0 Å². The number of carbonyl (C=O) groups is 1. The molecule has 0 aliphatic heterocycles. The van der Waals surface area contributed by atoms with E-state index in [1.54, 1.807) is 6.08 Å². The van der Waals surface area contributed by atoms with Crippen molar-refractivity contribution in [2.45, 2.75) is 39.2 Å². The molecule has 64 valence electrons. The highest BCUT2D eigenvalue weighted by Gasteiger charge is 2.02. The fraction of sp³-hybridized carbons (Fsp3) is 0.667. The molecule has 0 fully saturated rings. The van der Waals surface area contributed by atoms with Gasteiger partial charge in [-0.3, -0.25) is 0 Å². The molecule has 2 heteroatoms. The Balaban J connectivity index is 3.78. The second kappa shape index (κ2) is 6.10. The maximum absolute atomic E-state index is 9.96. The maximum atomic E-state index is 9.96. The maximum Gasteiger partial charge on any atom is 0.123 e. The van der Waals surface area contributed by atoms with Crippen LogP contribution in [0.15, 0.2) is 11.6 Å². The standard InChI is InChI=1S/C9H16O2/c1-3-5-9(11)8(2)6-4-7-10/h6-7,9,11H,3-5H2,1-2H3. The summed E-state index contributed by atoms with van der Waals surface area (Å²) in [4.78, 5) is 9.96. The molecule has 1 N–H and O–H groups in total. The van der Waals surface area contributed by atoms with Gasteiger partial charge < -0.3 is 9.90 Å². The fourth-order valence-electron chi connectivity index (χ4n) is 0.871. The summed E-state index contributed by atoms with van der Waals surface area (Å²) >= 11 is 0. The van der Waals surface area contributed by atoms with E-state index in [0.29, 0.717) is 6.42 Å². The molecule has 11 heavy (non-hydrogen) atoms. The van der Waals surface area contributed by atoms with E-state index in [-0.39, 0.29) is 6.10 Å². The zero-order chi connectivity index (χ0) is 8.69. The summed E-state index contributed by atoms with van der Waals surface area (Å²) in [6.07, 6.45) is 4.40. The van der Waals surface area contributed by atoms with Crippen molar-refractivity contribution in [1.82, 2.24) is 0 Å². The number of rotatable bonds is 5. The molecular formula is C9H16O2. The number of allylic oxidation sites excluding steroid dienone is 1. The summed E-state index contributed by atoms with van der Waals surface area (Å²) in [5, 5.41) is 9.36. The first-order chi connectivity index (χ1) is 5.22. The van der Waals surface area contributed by atoms with Gasteiger partial charge in [-0.05, 0) is 18.9 Å². The summed E-state index contributed by atoms with van der Waals surface area (Å²) in [6.45, 7) is 3.88. The molecule has 2 nitrogen and oxygen atoms in total. The molecule has 0 heterocycles. The van der Waals surface area contributed by atoms with Gasteiger partial charge in [0.2, 0.25) is 0 Å². The predicted octanol–water partition coefficient (Wildman–Crippen LogP) is 1.68. The molecule has 0 amide bonds. The van der Waals surface area contributed by atoms with E-state index in [0.717, 1.165) is 24.7 Å². The Morgan fingerprint density at radius 3 is 2.73 bits per heavy atom. The second-order valence-corrected chi connectivity index (χ2v) is 2.65. The number of aliphatic hydroxyl groups is 1. The first kappa shape index (κ1) is 10.4. The zero-order valence-corrected chi connectivity index (χ0v) is 7.21. The second-order valence-electron chi connectivity index (χ2n) is 2.65. The highest BCUT2D eigenvalue weighted by molar-refractivity contribution is 5.52. The molecule has 0 bridgehead atoms. The molecule has 0 aromatic carbocycles. The number of hydrogen-bond donors (Lipinski definition) is 1. The zero-order valence-electron chi connectivity index (χ0n) is 7.21. The highest BCUT2D eigenvalue weighted by Crippen LogP contribution is 2.07. The lowest BCUT2D eigenvalue weighted by Crippen LogP contribution is -2.06. The number of aliphatic hydroxyl groups excluding tert-OH is 1. The summed E-state index contributed by atoms with van der Waals surface area (Å²) in [5.74, 6) is 0. The largest absolute Gasteiger partial charge is 0.389 e. The van der Waals surface area contributed by atoms with Crippen molar-refractivity contribution in [2.75, 3.05) is 0 Å². The third-order valence-corrected chi connectivity index (χ3v) is 1.62. The van der Waals surface area contributed by atoms with E-state index in [2.05, 4.69) is 0 Å². The molecule has 0 aliphatic rings. The van der Waals surface area contributed by atoms with Crippen LogP contribution in [0.2, 0.25) is 0 Å². The Labute approximate surface area is 67.9 Å². The van der Waals surface area contributed by atoms with Crippen LogP contribution in [-0.2, 0) is 4.79 Å². The average molecular weight is 156 g/mol. The van der Waals surface area contributed by atoms with Crippen LogP contribution in [-0.4, -0.2) is 17.5 Å². The van der Waals surface area contributed by atoms with Crippen molar-refractivity contribution < 1.29 is 9.90 Å². The Morgan fingerprint density at radius 2 is 2.27 bits per heavy atom. The third kappa shape index (κ3) is 4.73. The van der Waals surface area contributed by atoms with Crippen LogP contribution >= 0.6 is 0 Å². The number of hydrogen-bond acceptors (Lipinski definition) is 2. The molecule has 1 unspecified atom stereocenters. The smallest absolute Gasteiger partial charge is 0.123 e. The molecular weight excluding hydrogens is 140 g/mol. The normalized spacial score (nSPS) is 14.6. The first-order valence-corrected chi connectivity index (χ1v) is 4.00. The van der Waals surface area contributed by atoms with Crippen LogP contribution in [0, 0.1) is 0 Å². The Morgan fingerprint density at radius 1 is 1.64 bits per heavy atom. The summed E-state index contributed by atoms with van der Waals surface area (Å²) in [7, 11) is 0. The Kier molecular flexibility index (Phi) is 5.75. The van der Waals surface area contributed by atoms with Crippen molar-refractivity contribution >= 4 is 6.29 Å². The van der Waals surface area contributed by atoms with Crippen molar-refractivity contribution in [3.05, 3.63) is 11.6 Å². The fourth-order valence-corrected chi connectivity index (χ4v) is 0.871. The van der Waals surface area contributed by atoms with Gasteiger partial charge >= 0.3 is 0 Å². The molecule has 0 aromatic heterocycles. The van der Waals surface area contributed by atoms with Crippen LogP contribution in [0.5, 0.6) is 0 Å². The van der Waals surface area contributed by atoms with Crippen molar-refractivity contribution in [3.63, 3.8) is 0 Å². The molecule has 0 aromatic rings. The van der Waals surface area contributed by atoms with Crippen LogP contribution in [0.1, 0.15) is 33.1 Å². The van der Waals surface area contributed by atoms with Crippen LogP contribution in [0.4, 0.5) is 0 Å². The summed E-state index contributed by atoms with van der Waals surface area (Å²) < 4.78 is 0. The van der Waals surface area contributed by atoms with E-state index in [9.17, 15) is 9.90 Å². The SMILES string of the molecule is CCCC(O)C(C)=CCC=O. The van der Waals surface area contributed by atoms with Crippen molar-refractivity contribution in [3.8, 4) is 0 Å². The average Bonchev–Trinajstić information content (AvgIpc) is 2.00. The molecule has 0 aliphatic carbocycles. The third-order valence-electron chi connectivity index (χ3n) is 1.62. The van der Waals surface area contributed by atoms with Gasteiger partial charge in [0.25, 0.3) is 0 Å². The molecule has 0 rings (SSSR count).